The lowest BCUT2D eigenvalue weighted by molar-refractivity contribution is 0.601. The fourth-order valence-electron chi connectivity index (χ4n) is 8.91. The molecule has 0 amide bonds. The normalized spacial score (nSPS) is 23.8. The van der Waals surface area contributed by atoms with E-state index >= 15 is 0 Å². The standard InChI is InChI=1S/C44H36N4S/c1-26-37(24-31-38(47-36-20-10-8-18-34(36)45)25-48-39-21-11-6-16-30(39)41(26)42(31)48)46-35-19-9-5-15-29(35)33-23-27-13-3-4-14-28(27)43-44(33,2)32-17-7-12-22-40(32)49-43/h3-24,26,37,43,46H,25,45H2,1-2H3/b47-38+. The molecule has 6 aromatic rings. The molecule has 0 bridgehead atoms. The highest BCUT2D eigenvalue weighted by Gasteiger charge is 2.50. The highest BCUT2D eigenvalue weighted by atomic mass is 32.2. The van der Waals surface area contributed by atoms with Crippen molar-refractivity contribution >= 4 is 62.7 Å². The summed E-state index contributed by atoms with van der Waals surface area (Å²) in [6.07, 6.45) is 4.88. The van der Waals surface area contributed by atoms with Gasteiger partial charge in [-0.15, -0.1) is 11.8 Å². The van der Waals surface area contributed by atoms with E-state index in [0.29, 0.717) is 10.9 Å². The maximum absolute atomic E-state index is 6.39. The number of nitrogens with zero attached hydrogens (tertiary/aromatic N) is 2. The molecule has 0 spiro atoms. The molecule has 4 nitrogen and oxygen atoms in total. The Hall–Kier alpha value is -5.26. The van der Waals surface area contributed by atoms with Gasteiger partial charge in [-0.2, -0.15) is 0 Å². The number of hydrogen-bond acceptors (Lipinski definition) is 4. The summed E-state index contributed by atoms with van der Waals surface area (Å²) in [6.45, 7) is 5.56. The van der Waals surface area contributed by atoms with Crippen LogP contribution in [-0.2, 0) is 12.0 Å². The third-order valence-electron chi connectivity index (χ3n) is 11.3. The van der Waals surface area contributed by atoms with Crippen molar-refractivity contribution in [3.05, 3.63) is 161 Å². The van der Waals surface area contributed by atoms with Gasteiger partial charge in [-0.05, 0) is 71.2 Å². The maximum atomic E-state index is 6.39. The van der Waals surface area contributed by atoms with Gasteiger partial charge in [0, 0.05) is 49.2 Å². The molecule has 5 heteroatoms. The zero-order chi connectivity index (χ0) is 32.9. The first-order valence-electron chi connectivity index (χ1n) is 17.2. The molecule has 1 aromatic heterocycles. The summed E-state index contributed by atoms with van der Waals surface area (Å²) in [5, 5.41) is 5.74. The van der Waals surface area contributed by atoms with Gasteiger partial charge in [-0.1, -0.05) is 104 Å². The maximum Gasteiger partial charge on any atom is 0.0863 e. The molecule has 0 radical (unpaired) electrons. The van der Waals surface area contributed by atoms with Gasteiger partial charge >= 0.3 is 0 Å². The Morgan fingerprint density at radius 3 is 2.53 bits per heavy atom. The molecule has 3 N–H and O–H groups in total. The lowest BCUT2D eigenvalue weighted by Gasteiger charge is -2.40. The van der Waals surface area contributed by atoms with Crippen LogP contribution in [0.4, 0.5) is 17.1 Å². The third kappa shape index (κ3) is 4.09. The molecular weight excluding hydrogens is 617 g/mol. The second-order valence-electron chi connectivity index (χ2n) is 14.0. The highest BCUT2D eigenvalue weighted by Crippen LogP contribution is 2.65. The zero-order valence-electron chi connectivity index (χ0n) is 27.5. The number of aromatic nitrogens is 1. The first-order chi connectivity index (χ1) is 24.0. The molecule has 3 heterocycles. The summed E-state index contributed by atoms with van der Waals surface area (Å²) in [5.41, 5.74) is 21.9. The van der Waals surface area contributed by atoms with Crippen molar-refractivity contribution in [3.63, 3.8) is 0 Å². The fraction of sp³-hybridized carbons (Fsp3) is 0.159. The second kappa shape index (κ2) is 10.6. The van der Waals surface area contributed by atoms with Crippen molar-refractivity contribution in [2.75, 3.05) is 11.1 Å². The molecule has 2 aliphatic carbocycles. The van der Waals surface area contributed by atoms with Crippen molar-refractivity contribution in [1.82, 2.24) is 4.57 Å². The quantitative estimate of drug-likeness (QED) is 0.186. The number of nitrogens with two attached hydrogens (primary N) is 1. The number of thioether (sulfide) groups is 1. The van der Waals surface area contributed by atoms with Gasteiger partial charge in [0.15, 0.2) is 0 Å². The van der Waals surface area contributed by atoms with Crippen LogP contribution in [0, 0.1) is 0 Å². The van der Waals surface area contributed by atoms with Crippen LogP contribution in [0.2, 0.25) is 0 Å². The van der Waals surface area contributed by atoms with Gasteiger partial charge in [0.1, 0.15) is 0 Å². The number of aliphatic imine (C=N–C) groups is 1. The Labute approximate surface area is 291 Å². The number of allylic oxidation sites excluding steroid dienone is 2. The number of nitrogen functional groups attached to an aromatic ring is 1. The lowest BCUT2D eigenvalue weighted by atomic mass is 9.65. The van der Waals surface area contributed by atoms with E-state index in [1.54, 1.807) is 0 Å². The predicted molar refractivity (Wildman–Crippen MR) is 207 cm³/mol. The minimum atomic E-state index is -0.175. The van der Waals surface area contributed by atoms with Crippen molar-refractivity contribution in [2.24, 2.45) is 4.99 Å². The number of anilines is 2. The van der Waals surface area contributed by atoms with Gasteiger partial charge in [-0.3, -0.25) is 0 Å². The summed E-state index contributed by atoms with van der Waals surface area (Å²) in [6, 6.07) is 43.7. The largest absolute Gasteiger partial charge is 0.397 e. The monoisotopic (exact) mass is 652 g/mol. The van der Waals surface area contributed by atoms with Crippen LogP contribution in [0.15, 0.2) is 137 Å². The van der Waals surface area contributed by atoms with Crippen LogP contribution in [0.3, 0.4) is 0 Å². The van der Waals surface area contributed by atoms with E-state index in [1.807, 2.05) is 36.0 Å². The first kappa shape index (κ1) is 28.7. The van der Waals surface area contributed by atoms with E-state index in [-0.39, 0.29) is 17.4 Å². The van der Waals surface area contributed by atoms with Crippen molar-refractivity contribution in [1.29, 1.82) is 0 Å². The fourth-order valence-corrected chi connectivity index (χ4v) is 10.6. The van der Waals surface area contributed by atoms with E-state index in [0.717, 1.165) is 23.6 Å². The Kier molecular flexibility index (Phi) is 6.23. The Bertz CT molecular complexity index is 2450. The van der Waals surface area contributed by atoms with Gasteiger partial charge in [0.05, 0.1) is 35.4 Å². The molecule has 10 rings (SSSR count). The Balaban J connectivity index is 1.12. The third-order valence-corrected chi connectivity index (χ3v) is 12.9. The molecular formula is C44H36N4S. The molecule has 49 heavy (non-hydrogen) atoms. The summed E-state index contributed by atoms with van der Waals surface area (Å²) in [5.74, 6) is 0.242. The topological polar surface area (TPSA) is 55.3 Å². The molecule has 5 aromatic carbocycles. The predicted octanol–water partition coefficient (Wildman–Crippen LogP) is 10.6. The van der Waals surface area contributed by atoms with Crippen LogP contribution in [0.25, 0.3) is 28.1 Å². The molecule has 238 valence electrons. The van der Waals surface area contributed by atoms with Gasteiger partial charge in [-0.25, -0.2) is 4.99 Å². The molecule has 0 fully saturated rings. The van der Waals surface area contributed by atoms with Crippen molar-refractivity contribution in [2.45, 2.75) is 47.9 Å². The average molecular weight is 653 g/mol. The second-order valence-corrected chi connectivity index (χ2v) is 15.1. The van der Waals surface area contributed by atoms with Crippen LogP contribution in [0.1, 0.15) is 58.5 Å². The van der Waals surface area contributed by atoms with E-state index in [2.05, 4.69) is 133 Å². The van der Waals surface area contributed by atoms with Gasteiger partial charge in [0.25, 0.3) is 0 Å². The molecule has 4 aliphatic rings. The van der Waals surface area contributed by atoms with Crippen molar-refractivity contribution < 1.29 is 0 Å². The van der Waals surface area contributed by atoms with Crippen LogP contribution in [0.5, 0.6) is 0 Å². The van der Waals surface area contributed by atoms with Crippen LogP contribution < -0.4 is 11.1 Å². The number of hydrogen-bond donors (Lipinski definition) is 2. The summed E-state index contributed by atoms with van der Waals surface area (Å²) in [4.78, 5) is 6.57. The molecule has 2 aliphatic heterocycles. The number of rotatable bonds is 4. The molecule has 0 saturated carbocycles. The molecule has 4 unspecified atom stereocenters. The summed E-state index contributed by atoms with van der Waals surface area (Å²) in [7, 11) is 0. The minimum absolute atomic E-state index is 0.0599. The minimum Gasteiger partial charge on any atom is -0.397 e. The summed E-state index contributed by atoms with van der Waals surface area (Å²) >= 11 is 2.01. The highest BCUT2D eigenvalue weighted by molar-refractivity contribution is 8.00. The molecule has 4 atom stereocenters. The Morgan fingerprint density at radius 1 is 0.857 bits per heavy atom. The van der Waals surface area contributed by atoms with Crippen LogP contribution >= 0.6 is 11.8 Å². The first-order valence-corrected chi connectivity index (χ1v) is 18.1. The SMILES string of the molecule is CC1c2c3n(c4ccccc24)C/C(=N\c2ccccc2N)C3=CC1Nc1ccccc1C1=Cc2ccccc2C2Sc3ccccc3C12C. The number of benzene rings is 5. The number of para-hydroxylation sites is 4. The van der Waals surface area contributed by atoms with E-state index < -0.39 is 0 Å². The smallest absolute Gasteiger partial charge is 0.0863 e. The van der Waals surface area contributed by atoms with Crippen LogP contribution in [-0.4, -0.2) is 16.3 Å². The molecule has 0 saturated heterocycles. The van der Waals surface area contributed by atoms with Gasteiger partial charge < -0.3 is 15.6 Å². The van der Waals surface area contributed by atoms with E-state index in [4.69, 9.17) is 10.7 Å². The van der Waals surface area contributed by atoms with Gasteiger partial charge in [0.2, 0.25) is 0 Å². The number of nitrogens with one attached hydrogen (secondary N) is 1. The van der Waals surface area contributed by atoms with E-state index in [9.17, 15) is 0 Å². The summed E-state index contributed by atoms with van der Waals surface area (Å²) < 4.78 is 2.45. The number of fused-ring (bicyclic) bond motifs is 8. The Morgan fingerprint density at radius 2 is 1.61 bits per heavy atom. The van der Waals surface area contributed by atoms with E-state index in [1.165, 1.54) is 60.5 Å². The average Bonchev–Trinajstić information content (AvgIpc) is 3.76. The van der Waals surface area contributed by atoms with Crippen molar-refractivity contribution in [3.8, 4) is 0 Å². The zero-order valence-corrected chi connectivity index (χ0v) is 28.3. The lowest BCUT2D eigenvalue weighted by Crippen LogP contribution is -2.31.